The van der Waals surface area contributed by atoms with E-state index in [9.17, 15) is 19.5 Å². The van der Waals surface area contributed by atoms with Gasteiger partial charge in [-0.15, -0.1) is 0 Å². The summed E-state index contributed by atoms with van der Waals surface area (Å²) in [5.74, 6) is -1.60. The van der Waals surface area contributed by atoms with Gasteiger partial charge in [-0.3, -0.25) is 19.3 Å². The highest BCUT2D eigenvalue weighted by atomic mass is 16.7. The number of cyclic esters (lactones) is 1. The van der Waals surface area contributed by atoms with Crippen LogP contribution in [0, 0.1) is 17.3 Å². The molecule has 3 rings (SSSR count). The molecule has 0 bridgehead atoms. The molecule has 0 aliphatic carbocycles. The first kappa shape index (κ1) is 37.8. The third-order valence-corrected chi connectivity index (χ3v) is 10.1. The first-order valence-corrected chi connectivity index (χ1v) is 16.7. The van der Waals surface area contributed by atoms with E-state index in [1.165, 1.54) is 0 Å². The largest absolute Gasteiger partial charge is 0.465 e. The fourth-order valence-electron chi connectivity index (χ4n) is 7.30. The number of nitrogens with zero attached hydrogens (tertiary/aromatic N) is 3. The Balaban J connectivity index is 1.91. The van der Waals surface area contributed by atoms with Crippen LogP contribution in [0.15, 0.2) is 0 Å². The first-order chi connectivity index (χ1) is 21.0. The molecule has 3 aliphatic rings. The lowest BCUT2D eigenvalue weighted by atomic mass is 9.74. The van der Waals surface area contributed by atoms with Crippen LogP contribution in [-0.4, -0.2) is 140 Å². The van der Waals surface area contributed by atoms with Gasteiger partial charge in [-0.2, -0.15) is 0 Å². The molecular formula is C33H60N4O8. The number of likely N-dealkylation sites (N-methyl/N-ethyl adjacent to an activating group) is 2. The van der Waals surface area contributed by atoms with Gasteiger partial charge in [0.1, 0.15) is 11.5 Å². The lowest BCUT2D eigenvalue weighted by Gasteiger charge is -2.46. The molecule has 45 heavy (non-hydrogen) atoms. The van der Waals surface area contributed by atoms with Crippen molar-refractivity contribution in [2.24, 2.45) is 23.0 Å². The standard InChI is InChI=1S/C33H60N4O8/c1-21-19-33(6,42-9)28(45-30-26(38)24(34)18-22(2)44-30)23(3)27(39)32(4,5)31(41)43-17-11-14-37(16-15-35(7)20-21)29(40)25-12-10-13-36(25)8/h21-26,28,30,38H,10-20,34H2,1-9H3/t21-,22-,23+,24+,25-,26-,28-,30+,33-/m1/s1. The topological polar surface area (TPSA) is 144 Å². The predicted octanol–water partition coefficient (Wildman–Crippen LogP) is 1.66. The Bertz CT molecular complexity index is 1010. The van der Waals surface area contributed by atoms with Crippen LogP contribution in [0.25, 0.3) is 0 Å². The number of ether oxygens (including phenoxy) is 4. The summed E-state index contributed by atoms with van der Waals surface area (Å²) >= 11 is 0. The Kier molecular flexibility index (Phi) is 13.4. The summed E-state index contributed by atoms with van der Waals surface area (Å²) < 4.78 is 24.3. The van der Waals surface area contributed by atoms with Crippen LogP contribution in [0.1, 0.15) is 73.6 Å². The molecule has 3 fully saturated rings. The zero-order chi connectivity index (χ0) is 33.7. The van der Waals surface area contributed by atoms with E-state index in [-0.39, 0.29) is 36.4 Å². The summed E-state index contributed by atoms with van der Waals surface area (Å²) in [7, 11) is 5.62. The number of hydrogen-bond donors (Lipinski definition) is 2. The van der Waals surface area contributed by atoms with E-state index in [0.29, 0.717) is 38.9 Å². The number of aliphatic hydroxyl groups is 1. The molecule has 0 unspecified atom stereocenters. The smallest absolute Gasteiger partial charge is 0.319 e. The Hall–Kier alpha value is -1.67. The van der Waals surface area contributed by atoms with Gasteiger partial charge in [0.25, 0.3) is 0 Å². The minimum absolute atomic E-state index is 0.0919. The Morgan fingerprint density at radius 2 is 1.73 bits per heavy atom. The van der Waals surface area contributed by atoms with Crippen LogP contribution in [-0.2, 0) is 33.3 Å². The van der Waals surface area contributed by atoms with Crippen molar-refractivity contribution >= 4 is 17.7 Å². The number of nitrogens with two attached hydrogens (primary N) is 1. The van der Waals surface area contributed by atoms with E-state index in [2.05, 4.69) is 16.7 Å². The highest BCUT2D eigenvalue weighted by molar-refractivity contribution is 6.04. The molecule has 0 radical (unpaired) electrons. The Morgan fingerprint density at radius 1 is 1.04 bits per heavy atom. The van der Waals surface area contributed by atoms with Crippen LogP contribution in [0.4, 0.5) is 0 Å². The highest BCUT2D eigenvalue weighted by Gasteiger charge is 2.51. The number of aliphatic hydroxyl groups excluding tert-OH is 1. The predicted molar refractivity (Wildman–Crippen MR) is 170 cm³/mol. The highest BCUT2D eigenvalue weighted by Crippen LogP contribution is 2.37. The van der Waals surface area contributed by atoms with E-state index >= 15 is 0 Å². The summed E-state index contributed by atoms with van der Waals surface area (Å²) in [6.45, 7) is 14.2. The van der Waals surface area contributed by atoms with Crippen LogP contribution < -0.4 is 5.73 Å². The number of amides is 1. The van der Waals surface area contributed by atoms with E-state index in [1.807, 2.05) is 32.8 Å². The summed E-state index contributed by atoms with van der Waals surface area (Å²) in [6, 6.07) is -0.680. The minimum Gasteiger partial charge on any atom is -0.465 e. The van der Waals surface area contributed by atoms with Gasteiger partial charge in [-0.1, -0.05) is 13.8 Å². The van der Waals surface area contributed by atoms with E-state index < -0.39 is 47.4 Å². The number of rotatable bonds is 4. The first-order valence-electron chi connectivity index (χ1n) is 16.7. The van der Waals surface area contributed by atoms with Crippen molar-refractivity contribution in [3.05, 3.63) is 0 Å². The Labute approximate surface area is 270 Å². The number of carbonyl (C=O) groups excluding carboxylic acids is 3. The second-order valence-electron chi connectivity index (χ2n) is 14.6. The lowest BCUT2D eigenvalue weighted by Crippen LogP contribution is -2.59. The molecule has 3 heterocycles. The molecule has 0 saturated carbocycles. The minimum atomic E-state index is -1.48. The normalized spacial score (nSPS) is 39.0. The Morgan fingerprint density at radius 3 is 2.36 bits per heavy atom. The van der Waals surface area contributed by atoms with Crippen molar-refractivity contribution in [2.45, 2.75) is 116 Å². The summed E-state index contributed by atoms with van der Waals surface area (Å²) in [6.07, 6.45) is 0.0179. The van der Waals surface area contributed by atoms with Crippen molar-refractivity contribution in [2.75, 3.05) is 60.5 Å². The van der Waals surface area contributed by atoms with E-state index in [4.69, 9.17) is 24.7 Å². The van der Waals surface area contributed by atoms with Gasteiger partial charge in [0, 0.05) is 45.2 Å². The average Bonchev–Trinajstić information content (AvgIpc) is 3.41. The van der Waals surface area contributed by atoms with Gasteiger partial charge >= 0.3 is 5.97 Å². The summed E-state index contributed by atoms with van der Waals surface area (Å²) in [5, 5.41) is 10.9. The van der Waals surface area contributed by atoms with Gasteiger partial charge in [0.15, 0.2) is 12.1 Å². The monoisotopic (exact) mass is 640 g/mol. The maximum Gasteiger partial charge on any atom is 0.319 e. The van der Waals surface area contributed by atoms with Crippen molar-refractivity contribution in [3.8, 4) is 0 Å². The molecule has 0 aromatic carbocycles. The van der Waals surface area contributed by atoms with Crippen molar-refractivity contribution in [1.29, 1.82) is 0 Å². The third kappa shape index (κ3) is 9.24. The van der Waals surface area contributed by atoms with Crippen molar-refractivity contribution < 1.29 is 38.4 Å². The van der Waals surface area contributed by atoms with Gasteiger partial charge in [0.05, 0.1) is 30.5 Å². The fourth-order valence-corrected chi connectivity index (χ4v) is 7.30. The van der Waals surface area contributed by atoms with Crippen LogP contribution >= 0.6 is 0 Å². The number of esters is 1. The second-order valence-corrected chi connectivity index (χ2v) is 14.6. The lowest BCUT2D eigenvalue weighted by molar-refractivity contribution is -0.289. The van der Waals surface area contributed by atoms with Gasteiger partial charge < -0.3 is 39.6 Å². The van der Waals surface area contributed by atoms with Crippen molar-refractivity contribution in [1.82, 2.24) is 14.7 Å². The van der Waals surface area contributed by atoms with Gasteiger partial charge in [0.2, 0.25) is 5.91 Å². The average molecular weight is 641 g/mol. The summed E-state index contributed by atoms with van der Waals surface area (Å²) in [4.78, 5) is 47.3. The number of ketones is 1. The SMILES string of the molecule is CO[C@]1(C)C[C@@H](C)CN(C)CCN(C(=O)[C@H]2CCCN2C)CCCOC(=O)C(C)(C)C(=O)[C@H](C)[C@H]1O[C@@H]1O[C@H](C)C[C@H](N)[C@H]1O. The number of likely N-dealkylation sites (tertiary alicyclic amines) is 1. The van der Waals surface area contributed by atoms with E-state index in [1.54, 1.807) is 27.9 Å². The third-order valence-electron chi connectivity index (χ3n) is 10.1. The molecule has 12 heteroatoms. The van der Waals surface area contributed by atoms with E-state index in [0.717, 1.165) is 25.9 Å². The molecule has 12 nitrogen and oxygen atoms in total. The van der Waals surface area contributed by atoms with Crippen LogP contribution in [0.3, 0.4) is 0 Å². The molecule has 3 saturated heterocycles. The van der Waals surface area contributed by atoms with Crippen molar-refractivity contribution in [3.63, 3.8) is 0 Å². The molecule has 0 aromatic heterocycles. The maximum atomic E-state index is 14.1. The molecule has 1 amide bonds. The maximum absolute atomic E-state index is 14.1. The fraction of sp³-hybridized carbons (Fsp3) is 0.909. The van der Waals surface area contributed by atoms with Crippen LogP contribution in [0.2, 0.25) is 0 Å². The number of hydrogen-bond acceptors (Lipinski definition) is 11. The summed E-state index contributed by atoms with van der Waals surface area (Å²) in [5.41, 5.74) is 3.73. The molecule has 3 aliphatic heterocycles. The number of Topliss-reactive ketones (excluding diaryl/α,β-unsaturated/α-hetero) is 1. The quantitative estimate of drug-likeness (QED) is 0.342. The van der Waals surface area contributed by atoms with Gasteiger partial charge in [-0.25, -0.2) is 0 Å². The van der Waals surface area contributed by atoms with Gasteiger partial charge in [-0.05, 0) is 86.4 Å². The molecular weight excluding hydrogens is 580 g/mol. The zero-order valence-corrected chi connectivity index (χ0v) is 29.1. The van der Waals surface area contributed by atoms with Crippen LogP contribution in [0.5, 0.6) is 0 Å². The zero-order valence-electron chi connectivity index (χ0n) is 29.1. The molecule has 9 atom stereocenters. The molecule has 0 spiro atoms. The molecule has 260 valence electrons. The number of methoxy groups -OCH3 is 1. The number of carbonyl (C=O) groups is 3. The second kappa shape index (κ2) is 16.0. The molecule has 0 aromatic rings. The molecule has 3 N–H and O–H groups in total.